The number of imidazole rings is 1. The van der Waals surface area contributed by atoms with Gasteiger partial charge < -0.3 is 20.5 Å². The topological polar surface area (TPSA) is 132 Å². The summed E-state index contributed by atoms with van der Waals surface area (Å²) >= 11 is 6.28. The van der Waals surface area contributed by atoms with E-state index >= 15 is 0 Å². The highest BCUT2D eigenvalue weighted by molar-refractivity contribution is 6.34. The highest BCUT2D eigenvalue weighted by atomic mass is 35.5. The summed E-state index contributed by atoms with van der Waals surface area (Å²) in [5.74, 6) is -2.52. The van der Waals surface area contributed by atoms with E-state index < -0.39 is 34.7 Å². The predicted octanol–water partition coefficient (Wildman–Crippen LogP) is 3.28. The molecule has 11 heteroatoms. The Balaban J connectivity index is 1.76. The summed E-state index contributed by atoms with van der Waals surface area (Å²) in [5, 5.41) is 16.2. The second-order valence-corrected chi connectivity index (χ2v) is 9.53. The lowest BCUT2D eigenvalue weighted by Crippen LogP contribution is -2.42. The summed E-state index contributed by atoms with van der Waals surface area (Å²) in [6.07, 6.45) is 1.44. The lowest BCUT2D eigenvalue weighted by atomic mass is 9.87. The predicted molar refractivity (Wildman–Crippen MR) is 138 cm³/mol. The molecular weight excluding hydrogens is 500 g/mol. The van der Waals surface area contributed by atoms with Crippen molar-refractivity contribution in [1.82, 2.24) is 9.13 Å². The number of benzene rings is 2. The van der Waals surface area contributed by atoms with Crippen molar-refractivity contribution in [3.63, 3.8) is 0 Å². The number of ether oxygens (including phenoxy) is 1. The molecule has 1 aromatic heterocycles. The minimum absolute atomic E-state index is 0.124. The molecule has 0 bridgehead atoms. The van der Waals surface area contributed by atoms with Crippen LogP contribution in [0.5, 0.6) is 11.8 Å². The molecule has 37 heavy (non-hydrogen) atoms. The number of aromatic hydroxyl groups is 1. The number of rotatable bonds is 9. The molecule has 3 N–H and O–H groups in total. The molecule has 1 saturated carbocycles. The summed E-state index contributed by atoms with van der Waals surface area (Å²) < 4.78 is 6.88. The molecule has 0 saturated heterocycles. The molecule has 194 valence electrons. The first-order chi connectivity index (χ1) is 17.6. The zero-order valence-electron chi connectivity index (χ0n) is 20.6. The van der Waals surface area contributed by atoms with Gasteiger partial charge >= 0.3 is 5.69 Å². The quantitative estimate of drug-likeness (QED) is 0.367. The fourth-order valence-corrected chi connectivity index (χ4v) is 4.61. The number of carbonyl (C=O) groups is 3. The third-order valence-electron chi connectivity index (χ3n) is 6.47. The van der Waals surface area contributed by atoms with Crippen LogP contribution >= 0.6 is 11.6 Å². The van der Waals surface area contributed by atoms with Gasteiger partial charge in [-0.1, -0.05) is 41.9 Å². The van der Waals surface area contributed by atoms with Crippen LogP contribution < -0.4 is 21.1 Å². The fraction of sp³-hybridized carbons (Fsp3) is 0.308. The highest BCUT2D eigenvalue weighted by Crippen LogP contribution is 2.52. The number of anilines is 2. The minimum Gasteiger partial charge on any atom is -0.491 e. The van der Waals surface area contributed by atoms with Crippen LogP contribution in [0.1, 0.15) is 31.4 Å². The van der Waals surface area contributed by atoms with E-state index in [0.29, 0.717) is 24.9 Å². The Morgan fingerprint density at radius 3 is 2.38 bits per heavy atom. The van der Waals surface area contributed by atoms with Crippen molar-refractivity contribution >= 4 is 40.6 Å². The van der Waals surface area contributed by atoms with Crippen molar-refractivity contribution in [2.45, 2.75) is 32.2 Å². The molecule has 0 aliphatic heterocycles. The Hall–Kier alpha value is -4.05. The fourth-order valence-electron chi connectivity index (χ4n) is 4.45. The number of hydrogen-bond donors (Lipinski definition) is 3. The van der Waals surface area contributed by atoms with Gasteiger partial charge in [-0.2, -0.15) is 0 Å². The number of ketones is 1. The number of halogens is 1. The molecule has 2 amide bonds. The second kappa shape index (κ2) is 10.1. The molecule has 2 aromatic carbocycles. The molecule has 1 fully saturated rings. The lowest BCUT2D eigenvalue weighted by molar-refractivity contribution is -0.134. The summed E-state index contributed by atoms with van der Waals surface area (Å²) in [7, 11) is 2.63. The van der Waals surface area contributed by atoms with Crippen LogP contribution in [0.3, 0.4) is 0 Å². The molecular formula is C26H27ClN4O6. The number of nitrogens with one attached hydrogen (secondary N) is 2. The molecule has 3 aromatic rings. The van der Waals surface area contributed by atoms with E-state index in [1.54, 1.807) is 6.07 Å². The first-order valence-electron chi connectivity index (χ1n) is 11.6. The first kappa shape index (κ1) is 26.0. The lowest BCUT2D eigenvalue weighted by Gasteiger charge is -2.23. The van der Waals surface area contributed by atoms with Crippen molar-refractivity contribution in [3.8, 4) is 11.8 Å². The molecule has 1 atom stereocenters. The molecule has 0 spiro atoms. The summed E-state index contributed by atoms with van der Waals surface area (Å²) in [6, 6.07) is 12.2. The number of methoxy groups -OCH3 is 1. The summed E-state index contributed by atoms with van der Waals surface area (Å²) in [4.78, 5) is 52.2. The maximum absolute atomic E-state index is 14.0. The van der Waals surface area contributed by atoms with Crippen LogP contribution in [0, 0.1) is 5.41 Å². The van der Waals surface area contributed by atoms with Crippen LogP contribution in [0.25, 0.3) is 0 Å². The molecule has 1 unspecified atom stereocenters. The van der Waals surface area contributed by atoms with E-state index in [4.69, 9.17) is 16.3 Å². The number of Topliss-reactive ketones (excluding diaryl/α,β-unsaturated/α-hetero) is 1. The van der Waals surface area contributed by atoms with Crippen LogP contribution in [0.15, 0.2) is 53.3 Å². The van der Waals surface area contributed by atoms with Gasteiger partial charge in [-0.25, -0.2) is 9.36 Å². The number of nitrogens with zero attached hydrogens (tertiary/aromatic N) is 2. The maximum atomic E-state index is 14.0. The number of amides is 2. The monoisotopic (exact) mass is 526 g/mol. The smallest absolute Gasteiger partial charge is 0.334 e. The van der Waals surface area contributed by atoms with Gasteiger partial charge in [0, 0.05) is 25.1 Å². The highest BCUT2D eigenvalue weighted by Gasteiger charge is 2.54. The van der Waals surface area contributed by atoms with E-state index in [9.17, 15) is 24.3 Å². The van der Waals surface area contributed by atoms with Crippen molar-refractivity contribution in [2.24, 2.45) is 12.5 Å². The van der Waals surface area contributed by atoms with E-state index in [-0.39, 0.29) is 22.5 Å². The third-order valence-corrected chi connectivity index (χ3v) is 6.80. The average Bonchev–Trinajstić information content (AvgIpc) is 3.60. The molecule has 1 heterocycles. The van der Waals surface area contributed by atoms with Crippen LogP contribution in [-0.2, 0) is 27.9 Å². The Labute approximate surface area is 217 Å². The first-order valence-corrected chi connectivity index (χ1v) is 12.0. The van der Waals surface area contributed by atoms with Gasteiger partial charge in [0.15, 0.2) is 11.8 Å². The van der Waals surface area contributed by atoms with Crippen molar-refractivity contribution in [1.29, 1.82) is 0 Å². The van der Waals surface area contributed by atoms with Crippen molar-refractivity contribution in [3.05, 3.63) is 69.6 Å². The Kier molecular flexibility index (Phi) is 7.13. The van der Waals surface area contributed by atoms with Crippen molar-refractivity contribution in [2.75, 3.05) is 17.7 Å². The van der Waals surface area contributed by atoms with Gasteiger partial charge in [-0.3, -0.25) is 19.0 Å². The zero-order chi connectivity index (χ0) is 26.9. The minimum atomic E-state index is -1.70. The van der Waals surface area contributed by atoms with Crippen LogP contribution in [0.4, 0.5) is 11.4 Å². The molecule has 0 radical (unpaired) electrons. The SMILES string of the molecule is COc1c(O)n(C(C(=O)Nc2cc(NC(C)=O)ccc2Cl)C(=O)C2(Cc3ccccc3)CC2)c(=O)n1C. The van der Waals surface area contributed by atoms with Gasteiger partial charge in [0.05, 0.1) is 17.8 Å². The zero-order valence-corrected chi connectivity index (χ0v) is 21.3. The second-order valence-electron chi connectivity index (χ2n) is 9.12. The Morgan fingerprint density at radius 2 is 1.81 bits per heavy atom. The van der Waals surface area contributed by atoms with Crippen LogP contribution in [0.2, 0.25) is 5.02 Å². The van der Waals surface area contributed by atoms with E-state index in [1.807, 2.05) is 30.3 Å². The van der Waals surface area contributed by atoms with Gasteiger partial charge in [0.25, 0.3) is 17.7 Å². The Bertz CT molecular complexity index is 1420. The number of carbonyl (C=O) groups excluding carboxylic acids is 3. The van der Waals surface area contributed by atoms with Gasteiger partial charge in [0.1, 0.15) is 0 Å². The van der Waals surface area contributed by atoms with E-state index in [0.717, 1.165) is 14.7 Å². The summed E-state index contributed by atoms with van der Waals surface area (Å²) in [6.45, 7) is 1.33. The van der Waals surface area contributed by atoms with Gasteiger partial charge in [-0.15, -0.1) is 0 Å². The molecule has 1 aliphatic rings. The van der Waals surface area contributed by atoms with Crippen LogP contribution in [-0.4, -0.2) is 38.9 Å². The van der Waals surface area contributed by atoms with Gasteiger partial charge in [-0.05, 0) is 43.0 Å². The number of hydrogen-bond acceptors (Lipinski definition) is 6. The molecule has 1 aliphatic carbocycles. The average molecular weight is 527 g/mol. The third kappa shape index (κ3) is 5.10. The Morgan fingerprint density at radius 1 is 1.14 bits per heavy atom. The molecule has 10 nitrogen and oxygen atoms in total. The maximum Gasteiger partial charge on any atom is 0.334 e. The molecule has 4 rings (SSSR count). The van der Waals surface area contributed by atoms with Crippen molar-refractivity contribution < 1.29 is 24.2 Å². The van der Waals surface area contributed by atoms with E-state index in [1.165, 1.54) is 33.2 Å². The summed E-state index contributed by atoms with van der Waals surface area (Å²) in [5.41, 5.74) is -0.254. The standard InChI is InChI=1S/C26H27ClN4O6/c1-15(32)28-17-9-10-18(27)19(13-17)29-22(34)20(31-23(35)24(37-3)30(2)25(31)36)21(33)26(11-12-26)14-16-7-5-4-6-8-16/h4-10,13,20,35H,11-12,14H2,1-3H3,(H,28,32)(H,29,34). The van der Waals surface area contributed by atoms with Gasteiger partial charge in [0.2, 0.25) is 5.91 Å². The van der Waals surface area contributed by atoms with E-state index in [2.05, 4.69) is 10.6 Å². The number of aromatic nitrogens is 2. The normalized spacial score (nSPS) is 14.5. The largest absolute Gasteiger partial charge is 0.491 e.